The van der Waals surface area contributed by atoms with Crippen LogP contribution in [-0.4, -0.2) is 49.6 Å². The van der Waals surface area contributed by atoms with Gasteiger partial charge in [0.15, 0.2) is 10.8 Å². The third-order valence-corrected chi connectivity index (χ3v) is 8.82. The first-order valence-electron chi connectivity index (χ1n) is 13.7. The summed E-state index contributed by atoms with van der Waals surface area (Å²) in [4.78, 5) is 32.9. The van der Waals surface area contributed by atoms with Gasteiger partial charge in [-0.05, 0) is 42.7 Å². The first-order valence-corrected chi connectivity index (χ1v) is 14.6. The quantitative estimate of drug-likeness (QED) is 0.171. The first kappa shape index (κ1) is 31.4. The lowest BCUT2D eigenvalue weighted by molar-refractivity contribution is -0.138. The maximum Gasteiger partial charge on any atom is 0.443 e. The number of alkyl halides is 6. The van der Waals surface area contributed by atoms with Crippen molar-refractivity contribution >= 4 is 34.0 Å². The van der Waals surface area contributed by atoms with Gasteiger partial charge in [-0.25, -0.2) is 9.78 Å². The molecule has 0 radical (unpaired) electrons. The highest BCUT2D eigenvalue weighted by Crippen LogP contribution is 2.40. The van der Waals surface area contributed by atoms with Crippen molar-refractivity contribution in [2.24, 2.45) is 7.05 Å². The van der Waals surface area contributed by atoms with Crippen LogP contribution in [0.15, 0.2) is 46.6 Å². The largest absolute Gasteiger partial charge is 0.443 e. The Hall–Kier alpha value is -4.03. The van der Waals surface area contributed by atoms with Crippen molar-refractivity contribution in [1.29, 1.82) is 0 Å². The molecule has 0 aliphatic carbocycles. The van der Waals surface area contributed by atoms with Gasteiger partial charge in [0.2, 0.25) is 5.52 Å². The molecule has 3 atom stereocenters. The van der Waals surface area contributed by atoms with Crippen molar-refractivity contribution in [1.82, 2.24) is 24.4 Å². The summed E-state index contributed by atoms with van der Waals surface area (Å²) in [5, 5.41) is 0.261. The summed E-state index contributed by atoms with van der Waals surface area (Å²) in [5.74, 6) is 0.432. The lowest BCUT2D eigenvalue weighted by Crippen LogP contribution is -2.59. The smallest absolute Gasteiger partial charge is 0.361 e. The zero-order chi connectivity index (χ0) is 32.0. The van der Waals surface area contributed by atoms with Crippen LogP contribution in [0, 0.1) is 6.57 Å². The van der Waals surface area contributed by atoms with Crippen molar-refractivity contribution in [3.8, 4) is 0 Å². The molecule has 1 fully saturated rings. The Bertz CT molecular complexity index is 1760. The minimum atomic E-state index is -4.67. The van der Waals surface area contributed by atoms with Gasteiger partial charge in [0.25, 0.3) is 5.82 Å². The van der Waals surface area contributed by atoms with Gasteiger partial charge in [-0.3, -0.25) is 9.47 Å². The number of rotatable bonds is 6. The molecule has 0 spiro atoms. The fourth-order valence-electron chi connectivity index (χ4n) is 5.65. The van der Waals surface area contributed by atoms with Crippen LogP contribution in [0.1, 0.15) is 54.6 Å². The highest BCUT2D eigenvalue weighted by molar-refractivity contribution is 7.09. The molecule has 4 heterocycles. The van der Waals surface area contributed by atoms with Gasteiger partial charge in [0, 0.05) is 37.6 Å². The Morgan fingerprint density at radius 3 is 2.20 bits per heavy atom. The molecular formula is C29H27F6N7OS. The maximum atomic E-state index is 13.6. The van der Waals surface area contributed by atoms with Gasteiger partial charge in [0.1, 0.15) is 0 Å². The van der Waals surface area contributed by atoms with Crippen molar-refractivity contribution in [3.63, 3.8) is 0 Å². The molecule has 1 unspecified atom stereocenters. The normalized spacial score (nSPS) is 18.9. The van der Waals surface area contributed by atoms with E-state index in [0.29, 0.717) is 53.1 Å². The second kappa shape index (κ2) is 11.8. The van der Waals surface area contributed by atoms with Crippen LogP contribution in [-0.2, 0) is 19.4 Å². The molecule has 3 aromatic heterocycles. The molecule has 4 aromatic rings. The van der Waals surface area contributed by atoms with E-state index >= 15 is 0 Å². The van der Waals surface area contributed by atoms with E-state index in [-0.39, 0.29) is 30.1 Å². The molecule has 44 heavy (non-hydrogen) atoms. The number of anilines is 1. The van der Waals surface area contributed by atoms with Gasteiger partial charge < -0.3 is 9.74 Å². The zero-order valence-corrected chi connectivity index (χ0v) is 24.6. The molecule has 1 aliphatic rings. The second-order valence-electron chi connectivity index (χ2n) is 10.5. The number of aryl methyl sites for hydroxylation is 1. The predicted molar refractivity (Wildman–Crippen MR) is 154 cm³/mol. The zero-order valence-electron chi connectivity index (χ0n) is 23.8. The van der Waals surface area contributed by atoms with Gasteiger partial charge in [0.05, 0.1) is 22.8 Å². The van der Waals surface area contributed by atoms with E-state index in [1.807, 2.05) is 23.6 Å². The number of aromatic nitrogens is 4. The fourth-order valence-corrected chi connectivity index (χ4v) is 6.36. The first-order chi connectivity index (χ1) is 20.8. The summed E-state index contributed by atoms with van der Waals surface area (Å²) >= 11 is 0.439. The summed E-state index contributed by atoms with van der Waals surface area (Å²) < 4.78 is 82.2. The second-order valence-corrected chi connectivity index (χ2v) is 11.4. The van der Waals surface area contributed by atoms with Crippen LogP contribution in [0.2, 0.25) is 0 Å². The summed E-state index contributed by atoms with van der Waals surface area (Å²) in [6.07, 6.45) is -8.19. The summed E-state index contributed by atoms with van der Waals surface area (Å²) in [7, 11) is 1.56. The Kier molecular flexibility index (Phi) is 8.43. The molecule has 0 bridgehead atoms. The van der Waals surface area contributed by atoms with Crippen LogP contribution in [0.4, 0.5) is 38.0 Å². The van der Waals surface area contributed by atoms with E-state index < -0.39 is 34.7 Å². The van der Waals surface area contributed by atoms with Crippen LogP contribution in [0.25, 0.3) is 15.9 Å². The van der Waals surface area contributed by atoms with Gasteiger partial charge in [-0.15, -0.1) is 16.3 Å². The topological polar surface area (TPSA) is 71.5 Å². The fraction of sp³-hybridized carbons (Fsp3) is 0.414. The van der Waals surface area contributed by atoms with E-state index in [4.69, 9.17) is 6.57 Å². The number of hydrogen-bond donors (Lipinski definition) is 0. The summed E-state index contributed by atoms with van der Waals surface area (Å²) in [6.45, 7) is 11.8. The lowest BCUT2D eigenvalue weighted by Gasteiger charge is -2.49. The van der Waals surface area contributed by atoms with Gasteiger partial charge in [-0.1, -0.05) is 32.6 Å². The van der Waals surface area contributed by atoms with Gasteiger partial charge >= 0.3 is 18.0 Å². The van der Waals surface area contributed by atoms with Crippen LogP contribution >= 0.6 is 11.3 Å². The molecule has 8 nitrogen and oxygen atoms in total. The molecule has 1 aromatic carbocycles. The number of halogens is 6. The third-order valence-electron chi connectivity index (χ3n) is 7.92. The number of nitrogens with zero attached hydrogens (tertiary/aromatic N) is 7. The number of hydrogen-bond acceptors (Lipinski definition) is 7. The number of pyridine rings is 1. The third kappa shape index (κ3) is 5.88. The molecule has 232 valence electrons. The molecule has 0 amide bonds. The van der Waals surface area contributed by atoms with E-state index in [0.717, 1.165) is 12.1 Å². The van der Waals surface area contributed by atoms with Gasteiger partial charge in [-0.2, -0.15) is 31.3 Å². The monoisotopic (exact) mass is 635 g/mol. The molecule has 15 heteroatoms. The minimum absolute atomic E-state index is 0.0874. The van der Waals surface area contributed by atoms with Crippen LogP contribution in [0.3, 0.4) is 0 Å². The predicted octanol–water partition coefficient (Wildman–Crippen LogP) is 6.84. The highest BCUT2D eigenvalue weighted by Gasteiger charge is 2.42. The average molecular weight is 636 g/mol. The molecule has 5 rings (SSSR count). The Balaban J connectivity index is 1.61. The number of benzene rings is 1. The average Bonchev–Trinajstić information content (AvgIpc) is 3.49. The Morgan fingerprint density at radius 1 is 0.955 bits per heavy atom. The lowest BCUT2D eigenvalue weighted by atomic mass is 9.94. The van der Waals surface area contributed by atoms with E-state index in [1.54, 1.807) is 13.1 Å². The standard InChI is InChI=1S/C29H27F6N7OS/c1-5-18-14-42(25-23-21(40(4)27(43)39-25)11-12-22(36-3)38-23)19(6-2)13-41(18)24(20-15-44-26(37-20)29(33,34)35)16-7-9-17(10-8-16)28(30,31)32/h7-12,15,18-19,24H,5-6,13-14H2,1-2,4H3/t18-,19+,24?/m1/s1. The number of fused-ring (bicyclic) bond motifs is 1. The van der Waals surface area contributed by atoms with E-state index in [2.05, 4.69) is 19.8 Å². The van der Waals surface area contributed by atoms with Crippen molar-refractivity contribution in [3.05, 3.63) is 85.5 Å². The Morgan fingerprint density at radius 2 is 1.64 bits per heavy atom. The van der Waals surface area contributed by atoms with E-state index in [1.165, 1.54) is 28.1 Å². The highest BCUT2D eigenvalue weighted by atomic mass is 32.1. The Labute approximate surface area is 252 Å². The molecule has 1 aliphatic heterocycles. The van der Waals surface area contributed by atoms with Crippen LogP contribution < -0.4 is 10.6 Å². The van der Waals surface area contributed by atoms with Crippen LogP contribution in [0.5, 0.6) is 0 Å². The molecule has 0 N–H and O–H groups in total. The van der Waals surface area contributed by atoms with Crippen molar-refractivity contribution < 1.29 is 26.3 Å². The molecular weight excluding hydrogens is 608 g/mol. The van der Waals surface area contributed by atoms with Crippen molar-refractivity contribution in [2.75, 3.05) is 18.0 Å². The molecule has 1 saturated heterocycles. The number of thiazole rings is 1. The number of piperazine rings is 1. The minimum Gasteiger partial charge on any atom is -0.361 e. The van der Waals surface area contributed by atoms with Crippen molar-refractivity contribution in [2.45, 2.75) is 57.2 Å². The maximum absolute atomic E-state index is 13.6. The summed E-state index contributed by atoms with van der Waals surface area (Å²) in [6, 6.07) is 6.05. The SMILES string of the molecule is [C-]#[N+]c1ccc2c(n1)c(N1C[C@@H](CC)N(C(c3ccc(C(F)(F)F)cc3)c3csc(C(F)(F)F)n3)C[C@@H]1CC)nc(=O)n2C. The molecule has 0 saturated carbocycles. The van der Waals surface area contributed by atoms with E-state index in [9.17, 15) is 31.1 Å². The summed E-state index contributed by atoms with van der Waals surface area (Å²) in [5.41, 5.74) is -0.0606.